The zero-order valence-corrected chi connectivity index (χ0v) is 9.15. The molecule has 0 aliphatic carbocycles. The molecule has 18 heavy (non-hydrogen) atoms. The maximum atomic E-state index is 13.4. The van der Waals surface area contributed by atoms with Crippen molar-refractivity contribution in [2.24, 2.45) is 5.84 Å². The molecule has 0 aliphatic rings. The second-order valence-electron chi connectivity index (χ2n) is 3.26. The maximum Gasteiger partial charge on any atom is 0.307 e. The lowest BCUT2D eigenvalue weighted by Gasteiger charge is -2.13. The summed E-state index contributed by atoms with van der Waals surface area (Å²) >= 11 is 0. The first-order valence-electron chi connectivity index (χ1n) is 4.67. The third kappa shape index (κ3) is 2.88. The number of nitro groups is 1. The van der Waals surface area contributed by atoms with Crippen molar-refractivity contribution < 1.29 is 23.2 Å². The van der Waals surface area contributed by atoms with Crippen LogP contribution in [0.1, 0.15) is 6.92 Å². The van der Waals surface area contributed by atoms with Crippen molar-refractivity contribution in [3.63, 3.8) is 0 Å². The van der Waals surface area contributed by atoms with Crippen LogP contribution in [0.2, 0.25) is 0 Å². The van der Waals surface area contributed by atoms with E-state index in [1.54, 1.807) is 5.43 Å². The van der Waals surface area contributed by atoms with Crippen LogP contribution in [0.15, 0.2) is 12.1 Å². The van der Waals surface area contributed by atoms with Crippen LogP contribution in [0.4, 0.5) is 14.5 Å². The van der Waals surface area contributed by atoms with Gasteiger partial charge < -0.3 is 4.74 Å². The first-order chi connectivity index (χ1) is 8.36. The number of amides is 1. The Hall–Kier alpha value is -2.29. The van der Waals surface area contributed by atoms with Crippen molar-refractivity contribution in [1.29, 1.82) is 0 Å². The van der Waals surface area contributed by atoms with E-state index in [0.717, 1.165) is 0 Å². The normalized spacial score (nSPS) is 11.8. The number of halogens is 2. The first kappa shape index (κ1) is 13.8. The largest absolute Gasteiger partial charge is 0.478 e. The molecule has 0 fully saturated rings. The molecule has 1 rings (SSSR count). The molecule has 0 spiro atoms. The molecule has 0 aliphatic heterocycles. The summed E-state index contributed by atoms with van der Waals surface area (Å²) in [6, 6.07) is 0.867. The summed E-state index contributed by atoms with van der Waals surface area (Å²) in [6.07, 6.45) is -1.18. The Morgan fingerprint density at radius 2 is 2.11 bits per heavy atom. The zero-order chi connectivity index (χ0) is 13.9. The molecule has 0 aromatic heterocycles. The molecule has 1 amide bonds. The lowest BCUT2D eigenvalue weighted by molar-refractivity contribution is -0.387. The number of nitro benzene ring substituents is 1. The SMILES string of the molecule is CC(Oc1cc(F)c([N+](=O)[O-])cc1F)C(=O)NN. The fourth-order valence-corrected chi connectivity index (χ4v) is 1.11. The molecule has 0 heterocycles. The molecule has 7 nitrogen and oxygen atoms in total. The number of nitrogens with two attached hydrogens (primary N) is 1. The van der Waals surface area contributed by atoms with Gasteiger partial charge in [0.2, 0.25) is 5.82 Å². The Morgan fingerprint density at radius 3 is 2.61 bits per heavy atom. The number of hydrogen-bond donors (Lipinski definition) is 2. The highest BCUT2D eigenvalue weighted by atomic mass is 19.1. The third-order valence-corrected chi connectivity index (χ3v) is 2.01. The summed E-state index contributed by atoms with van der Waals surface area (Å²) in [5.74, 6) is 1.03. The van der Waals surface area contributed by atoms with Crippen LogP contribution in [0.25, 0.3) is 0 Å². The predicted molar refractivity (Wildman–Crippen MR) is 55.4 cm³/mol. The molecule has 98 valence electrons. The molecule has 0 bridgehead atoms. The van der Waals surface area contributed by atoms with E-state index in [0.29, 0.717) is 12.1 Å². The Labute approximate surface area is 99.6 Å². The minimum absolute atomic E-state index is 0.373. The van der Waals surface area contributed by atoms with Crippen LogP contribution in [0.3, 0.4) is 0 Å². The van der Waals surface area contributed by atoms with E-state index < -0.39 is 40.0 Å². The molecular weight excluding hydrogens is 252 g/mol. The molecule has 1 aromatic rings. The highest BCUT2D eigenvalue weighted by molar-refractivity contribution is 5.80. The van der Waals surface area contributed by atoms with Gasteiger partial charge in [0.1, 0.15) is 0 Å². The number of hydrazine groups is 1. The molecule has 3 N–H and O–H groups in total. The van der Waals surface area contributed by atoms with Gasteiger partial charge in [-0.2, -0.15) is 4.39 Å². The van der Waals surface area contributed by atoms with Gasteiger partial charge in [-0.1, -0.05) is 0 Å². The Balaban J connectivity index is 3.02. The van der Waals surface area contributed by atoms with Crippen LogP contribution < -0.4 is 16.0 Å². The average Bonchev–Trinajstić information content (AvgIpc) is 2.31. The van der Waals surface area contributed by atoms with Crippen LogP contribution in [-0.2, 0) is 4.79 Å². The van der Waals surface area contributed by atoms with Crippen molar-refractivity contribution in [2.45, 2.75) is 13.0 Å². The molecular formula is C9H9F2N3O4. The predicted octanol–water partition coefficient (Wildman–Crippen LogP) is 0.630. The second-order valence-corrected chi connectivity index (χ2v) is 3.26. The van der Waals surface area contributed by atoms with Gasteiger partial charge >= 0.3 is 5.69 Å². The number of nitrogens with one attached hydrogen (secondary N) is 1. The number of hydrogen-bond acceptors (Lipinski definition) is 5. The van der Waals surface area contributed by atoms with Crippen LogP contribution in [0.5, 0.6) is 5.75 Å². The number of carbonyl (C=O) groups excluding carboxylic acids is 1. The van der Waals surface area contributed by atoms with E-state index in [-0.39, 0.29) is 0 Å². The highest BCUT2D eigenvalue weighted by Gasteiger charge is 2.22. The fraction of sp³-hybridized carbons (Fsp3) is 0.222. The van der Waals surface area contributed by atoms with Gasteiger partial charge in [0, 0.05) is 6.07 Å². The van der Waals surface area contributed by atoms with E-state index in [4.69, 9.17) is 10.6 Å². The van der Waals surface area contributed by atoms with Gasteiger partial charge in [0.25, 0.3) is 5.91 Å². The summed E-state index contributed by atoms with van der Waals surface area (Å²) in [5.41, 5.74) is 0.743. The minimum atomic E-state index is -1.27. The van der Waals surface area contributed by atoms with Gasteiger partial charge in [0.15, 0.2) is 17.7 Å². The molecule has 0 saturated carbocycles. The standard InChI is InChI=1S/C9H9F2N3O4/c1-4(9(15)13-12)18-8-3-5(10)7(14(16)17)2-6(8)11/h2-4H,12H2,1H3,(H,13,15). The molecule has 9 heteroatoms. The van der Waals surface area contributed by atoms with Gasteiger partial charge in [-0.05, 0) is 6.92 Å². The summed E-state index contributed by atoms with van der Waals surface area (Å²) in [7, 11) is 0. The van der Waals surface area contributed by atoms with Crippen LogP contribution in [0, 0.1) is 21.7 Å². The quantitative estimate of drug-likeness (QED) is 0.357. The monoisotopic (exact) mass is 261 g/mol. The van der Waals surface area contributed by atoms with Gasteiger partial charge in [-0.15, -0.1) is 0 Å². The van der Waals surface area contributed by atoms with Crippen LogP contribution >= 0.6 is 0 Å². The number of rotatable bonds is 4. The number of ether oxygens (including phenoxy) is 1. The van der Waals surface area contributed by atoms with E-state index in [1.807, 2.05) is 0 Å². The first-order valence-corrected chi connectivity index (χ1v) is 4.67. The Morgan fingerprint density at radius 1 is 1.50 bits per heavy atom. The summed E-state index contributed by atoms with van der Waals surface area (Å²) in [6.45, 7) is 1.25. The van der Waals surface area contributed by atoms with E-state index in [1.165, 1.54) is 6.92 Å². The van der Waals surface area contributed by atoms with E-state index >= 15 is 0 Å². The van der Waals surface area contributed by atoms with Crippen molar-refractivity contribution in [3.05, 3.63) is 33.9 Å². The van der Waals surface area contributed by atoms with Crippen LogP contribution in [-0.4, -0.2) is 16.9 Å². The fourth-order valence-electron chi connectivity index (χ4n) is 1.11. The van der Waals surface area contributed by atoms with Crippen molar-refractivity contribution in [1.82, 2.24) is 5.43 Å². The number of benzene rings is 1. The highest BCUT2D eigenvalue weighted by Crippen LogP contribution is 2.26. The molecule has 1 unspecified atom stereocenters. The zero-order valence-electron chi connectivity index (χ0n) is 9.15. The van der Waals surface area contributed by atoms with Crippen molar-refractivity contribution in [2.75, 3.05) is 0 Å². The van der Waals surface area contributed by atoms with Crippen molar-refractivity contribution in [3.8, 4) is 5.75 Å². The summed E-state index contributed by atoms with van der Waals surface area (Å²) in [5, 5.41) is 10.3. The molecule has 1 aromatic carbocycles. The molecule has 0 radical (unpaired) electrons. The summed E-state index contributed by atoms with van der Waals surface area (Å²) in [4.78, 5) is 20.3. The molecule has 1 atom stereocenters. The second kappa shape index (κ2) is 5.36. The van der Waals surface area contributed by atoms with Crippen molar-refractivity contribution >= 4 is 11.6 Å². The third-order valence-electron chi connectivity index (χ3n) is 2.01. The number of carbonyl (C=O) groups is 1. The van der Waals surface area contributed by atoms with Gasteiger partial charge in [-0.3, -0.25) is 20.3 Å². The van der Waals surface area contributed by atoms with E-state index in [9.17, 15) is 23.7 Å². The van der Waals surface area contributed by atoms with Gasteiger partial charge in [-0.25, -0.2) is 10.2 Å². The smallest absolute Gasteiger partial charge is 0.307 e. The lowest BCUT2D eigenvalue weighted by Crippen LogP contribution is -2.40. The minimum Gasteiger partial charge on any atom is -0.478 e. The topological polar surface area (TPSA) is 107 Å². The Bertz CT molecular complexity index is 495. The molecule has 0 saturated heterocycles. The average molecular weight is 261 g/mol. The number of nitrogens with zero attached hydrogens (tertiary/aromatic N) is 1. The maximum absolute atomic E-state index is 13.4. The van der Waals surface area contributed by atoms with Gasteiger partial charge in [0.05, 0.1) is 11.0 Å². The van der Waals surface area contributed by atoms with E-state index in [2.05, 4.69) is 0 Å². The Kier molecular flexibility index (Phi) is 4.10. The lowest BCUT2D eigenvalue weighted by atomic mass is 10.2. The summed E-state index contributed by atoms with van der Waals surface area (Å²) < 4.78 is 31.3.